The molecular formula is C21H24N4O2S. The summed E-state index contributed by atoms with van der Waals surface area (Å²) < 4.78 is 7.68. The van der Waals surface area contributed by atoms with Crippen LogP contribution in [0.15, 0.2) is 59.8 Å². The molecule has 1 heterocycles. The van der Waals surface area contributed by atoms with Crippen molar-refractivity contribution in [1.29, 1.82) is 0 Å². The molecule has 7 heteroatoms. The summed E-state index contributed by atoms with van der Waals surface area (Å²) in [6.45, 7) is 5.32. The summed E-state index contributed by atoms with van der Waals surface area (Å²) in [6.07, 6.45) is 0.190. The van der Waals surface area contributed by atoms with E-state index in [0.717, 1.165) is 27.9 Å². The zero-order valence-electron chi connectivity index (χ0n) is 16.1. The molecule has 0 aliphatic heterocycles. The number of thioether (sulfide) groups is 1. The van der Waals surface area contributed by atoms with Crippen LogP contribution in [-0.2, 0) is 17.8 Å². The normalized spacial score (nSPS) is 10.6. The molecule has 0 bridgehead atoms. The van der Waals surface area contributed by atoms with Crippen molar-refractivity contribution in [1.82, 2.24) is 14.8 Å². The Kier molecular flexibility index (Phi) is 7.08. The average Bonchev–Trinajstić information content (AvgIpc) is 3.09. The summed E-state index contributed by atoms with van der Waals surface area (Å²) in [6, 6.07) is 17.5. The highest BCUT2D eigenvalue weighted by molar-refractivity contribution is 7.99. The van der Waals surface area contributed by atoms with Crippen molar-refractivity contribution >= 4 is 23.4 Å². The van der Waals surface area contributed by atoms with E-state index < -0.39 is 0 Å². The highest BCUT2D eigenvalue weighted by atomic mass is 32.2. The number of aryl methyl sites for hydroxylation is 1. The van der Waals surface area contributed by atoms with Crippen molar-refractivity contribution in [3.8, 4) is 5.75 Å². The third-order valence-corrected chi connectivity index (χ3v) is 5.02. The molecule has 0 saturated carbocycles. The fraction of sp³-hybridized carbons (Fsp3) is 0.286. The molecule has 3 aromatic rings. The first kappa shape index (κ1) is 19.9. The van der Waals surface area contributed by atoms with E-state index in [0.29, 0.717) is 19.0 Å². The lowest BCUT2D eigenvalue weighted by atomic mass is 10.2. The summed E-state index contributed by atoms with van der Waals surface area (Å²) in [4.78, 5) is 12.3. The van der Waals surface area contributed by atoms with E-state index in [1.165, 1.54) is 0 Å². The fourth-order valence-electron chi connectivity index (χ4n) is 2.67. The van der Waals surface area contributed by atoms with Crippen LogP contribution in [0.3, 0.4) is 0 Å². The van der Waals surface area contributed by atoms with Crippen LogP contribution >= 0.6 is 11.8 Å². The first-order valence-corrected chi connectivity index (χ1v) is 10.2. The summed E-state index contributed by atoms with van der Waals surface area (Å²) in [7, 11) is 0. The Hall–Kier alpha value is -2.80. The fourth-order valence-corrected chi connectivity index (χ4v) is 3.51. The maximum atomic E-state index is 12.3. The summed E-state index contributed by atoms with van der Waals surface area (Å²) in [5.74, 6) is 2.17. The molecule has 1 N–H and O–H groups in total. The molecule has 0 aliphatic rings. The number of aromatic nitrogens is 3. The standard InChI is InChI=1S/C21H24N4O2S/c1-3-25-19(15-20(26)22-17-11-9-16(2)10-12-17)23-24-21(25)28-14-13-27-18-7-5-4-6-8-18/h4-12H,3,13-15H2,1-2H3,(H,22,26). The number of nitrogens with zero attached hydrogens (tertiary/aromatic N) is 3. The number of amides is 1. The molecule has 0 unspecified atom stereocenters. The Morgan fingerprint density at radius 2 is 1.86 bits per heavy atom. The lowest BCUT2D eigenvalue weighted by Crippen LogP contribution is -2.17. The topological polar surface area (TPSA) is 69.0 Å². The first-order valence-electron chi connectivity index (χ1n) is 9.25. The van der Waals surface area contributed by atoms with Gasteiger partial charge in [-0.2, -0.15) is 0 Å². The minimum absolute atomic E-state index is 0.102. The van der Waals surface area contributed by atoms with Crippen molar-refractivity contribution in [2.45, 2.75) is 32.0 Å². The molecule has 0 saturated heterocycles. The number of hydrogen-bond acceptors (Lipinski definition) is 5. The second-order valence-corrected chi connectivity index (χ2v) is 7.31. The Bertz CT molecular complexity index is 895. The summed E-state index contributed by atoms with van der Waals surface area (Å²) >= 11 is 1.58. The second-order valence-electron chi connectivity index (χ2n) is 6.24. The largest absolute Gasteiger partial charge is 0.493 e. The van der Waals surface area contributed by atoms with Crippen LogP contribution in [0.5, 0.6) is 5.75 Å². The number of nitrogens with one attached hydrogen (secondary N) is 1. The monoisotopic (exact) mass is 396 g/mol. The molecule has 2 aromatic carbocycles. The zero-order valence-corrected chi connectivity index (χ0v) is 16.9. The SMILES string of the molecule is CCn1c(CC(=O)Nc2ccc(C)cc2)nnc1SCCOc1ccccc1. The lowest BCUT2D eigenvalue weighted by molar-refractivity contribution is -0.115. The van der Waals surface area contributed by atoms with Gasteiger partial charge < -0.3 is 14.6 Å². The quantitative estimate of drug-likeness (QED) is 0.438. The predicted octanol–water partition coefficient (Wildman–Crippen LogP) is 3.96. The minimum atomic E-state index is -0.102. The van der Waals surface area contributed by atoms with Gasteiger partial charge in [-0.1, -0.05) is 47.7 Å². The first-order chi connectivity index (χ1) is 13.7. The molecule has 0 radical (unpaired) electrons. The van der Waals surface area contributed by atoms with Crippen LogP contribution in [0.4, 0.5) is 5.69 Å². The molecule has 28 heavy (non-hydrogen) atoms. The van der Waals surface area contributed by atoms with Crippen LogP contribution in [0.25, 0.3) is 0 Å². The summed E-state index contributed by atoms with van der Waals surface area (Å²) in [5.41, 5.74) is 1.94. The van der Waals surface area contributed by atoms with Crippen molar-refractivity contribution < 1.29 is 9.53 Å². The molecule has 0 aliphatic carbocycles. The van der Waals surface area contributed by atoms with Gasteiger partial charge in [-0.25, -0.2) is 0 Å². The van der Waals surface area contributed by atoms with Gasteiger partial charge in [0.2, 0.25) is 5.91 Å². The molecule has 6 nitrogen and oxygen atoms in total. The van der Waals surface area contributed by atoms with Crippen LogP contribution in [-0.4, -0.2) is 33.0 Å². The highest BCUT2D eigenvalue weighted by Gasteiger charge is 2.15. The van der Waals surface area contributed by atoms with E-state index in [4.69, 9.17) is 4.74 Å². The van der Waals surface area contributed by atoms with Crippen molar-refractivity contribution in [2.75, 3.05) is 17.7 Å². The lowest BCUT2D eigenvalue weighted by Gasteiger charge is -2.09. The van der Waals surface area contributed by atoms with Crippen LogP contribution in [0.2, 0.25) is 0 Å². The Morgan fingerprint density at radius 3 is 2.57 bits per heavy atom. The van der Waals surface area contributed by atoms with Crippen molar-refractivity contribution in [3.05, 3.63) is 66.0 Å². The van der Waals surface area contributed by atoms with Gasteiger partial charge in [0.25, 0.3) is 0 Å². The third kappa shape index (κ3) is 5.60. The van der Waals surface area contributed by atoms with Gasteiger partial charge in [-0.3, -0.25) is 4.79 Å². The maximum absolute atomic E-state index is 12.3. The van der Waals surface area contributed by atoms with Gasteiger partial charge in [-0.15, -0.1) is 10.2 Å². The number of anilines is 1. The van der Waals surface area contributed by atoms with Gasteiger partial charge >= 0.3 is 0 Å². The highest BCUT2D eigenvalue weighted by Crippen LogP contribution is 2.18. The third-order valence-electron chi connectivity index (χ3n) is 4.09. The molecule has 3 rings (SSSR count). The van der Waals surface area contributed by atoms with Crippen molar-refractivity contribution in [2.24, 2.45) is 0 Å². The van der Waals surface area contributed by atoms with E-state index in [-0.39, 0.29) is 12.3 Å². The van der Waals surface area contributed by atoms with Gasteiger partial charge in [0.15, 0.2) is 5.16 Å². The van der Waals surface area contributed by atoms with E-state index in [1.54, 1.807) is 11.8 Å². The van der Waals surface area contributed by atoms with E-state index in [9.17, 15) is 4.79 Å². The second kappa shape index (κ2) is 9.94. The predicted molar refractivity (Wildman–Crippen MR) is 112 cm³/mol. The van der Waals surface area contributed by atoms with Gasteiger partial charge in [0.05, 0.1) is 13.0 Å². The summed E-state index contributed by atoms with van der Waals surface area (Å²) in [5, 5.41) is 12.2. The molecule has 0 atom stereocenters. The van der Waals surface area contributed by atoms with Crippen molar-refractivity contribution in [3.63, 3.8) is 0 Å². The Morgan fingerprint density at radius 1 is 1.11 bits per heavy atom. The molecule has 1 amide bonds. The molecule has 146 valence electrons. The molecule has 0 spiro atoms. The number of benzene rings is 2. The van der Waals surface area contributed by atoms with Crippen LogP contribution in [0, 0.1) is 6.92 Å². The van der Waals surface area contributed by atoms with Crippen LogP contribution in [0.1, 0.15) is 18.3 Å². The van der Waals surface area contributed by atoms with Gasteiger partial charge in [-0.05, 0) is 38.1 Å². The number of para-hydroxylation sites is 1. The number of carbonyl (C=O) groups excluding carboxylic acids is 1. The van der Waals surface area contributed by atoms with Crippen LogP contribution < -0.4 is 10.1 Å². The van der Waals surface area contributed by atoms with E-state index in [1.807, 2.05) is 73.0 Å². The number of rotatable bonds is 9. The number of ether oxygens (including phenoxy) is 1. The minimum Gasteiger partial charge on any atom is -0.493 e. The van der Waals surface area contributed by atoms with E-state index in [2.05, 4.69) is 15.5 Å². The molecular weight excluding hydrogens is 372 g/mol. The molecule has 1 aromatic heterocycles. The van der Waals surface area contributed by atoms with E-state index >= 15 is 0 Å². The maximum Gasteiger partial charge on any atom is 0.232 e. The molecule has 0 fully saturated rings. The number of hydrogen-bond donors (Lipinski definition) is 1. The zero-order chi connectivity index (χ0) is 19.8. The number of carbonyl (C=O) groups is 1. The smallest absolute Gasteiger partial charge is 0.232 e. The Balaban J connectivity index is 1.52. The Labute approximate surface area is 169 Å². The average molecular weight is 397 g/mol. The van der Waals surface area contributed by atoms with Gasteiger partial charge in [0.1, 0.15) is 11.6 Å². The van der Waals surface area contributed by atoms with Gasteiger partial charge in [0, 0.05) is 18.0 Å².